The van der Waals surface area contributed by atoms with Gasteiger partial charge in [0.05, 0.1) is 10.0 Å². The quantitative estimate of drug-likeness (QED) is 0.195. The van der Waals surface area contributed by atoms with Gasteiger partial charge in [-0.15, -0.1) is 0 Å². The van der Waals surface area contributed by atoms with Crippen molar-refractivity contribution in [1.29, 1.82) is 0 Å². The number of nitrogens with zero attached hydrogens (tertiary/aromatic N) is 2. The summed E-state index contributed by atoms with van der Waals surface area (Å²) in [5, 5.41) is 2.01. The molecule has 0 radical (unpaired) electrons. The lowest BCUT2D eigenvalue weighted by molar-refractivity contribution is -0.156. The maximum atomic E-state index is 12.6. The number of hydrogen-bond acceptors (Lipinski definition) is 6. The number of nitrogens with one attached hydrogen (secondary N) is 2. The fraction of sp³-hybridized carbons (Fsp3) is 0.308. The molecule has 0 spiro atoms. The Kier molecular flexibility index (Phi) is 7.90. The van der Waals surface area contributed by atoms with Crippen molar-refractivity contribution in [2.24, 2.45) is 0 Å². The van der Waals surface area contributed by atoms with Gasteiger partial charge in [0.25, 0.3) is 0 Å². The molecule has 8 nitrogen and oxygen atoms in total. The van der Waals surface area contributed by atoms with E-state index >= 15 is 0 Å². The van der Waals surface area contributed by atoms with Crippen molar-refractivity contribution in [3.8, 4) is 11.5 Å². The highest BCUT2D eigenvalue weighted by atomic mass is 35.5. The number of likely N-dealkylation sites (N-methyl/N-ethyl adjacent to an activating group) is 2. The number of carbonyl (C=O) groups is 2. The van der Waals surface area contributed by atoms with E-state index in [2.05, 4.69) is 19.8 Å². The summed E-state index contributed by atoms with van der Waals surface area (Å²) in [4.78, 5) is 35.6. The zero-order chi connectivity index (χ0) is 26.0. The van der Waals surface area contributed by atoms with Gasteiger partial charge in [-0.1, -0.05) is 23.2 Å². The molecule has 2 aromatic heterocycles. The van der Waals surface area contributed by atoms with Crippen LogP contribution < -0.4 is 9.47 Å². The topological polar surface area (TPSA) is 90.7 Å². The van der Waals surface area contributed by atoms with Gasteiger partial charge < -0.3 is 29.2 Å². The number of hydrogen-bond donors (Lipinski definition) is 2. The third-order valence-corrected chi connectivity index (χ3v) is 6.64. The highest BCUT2D eigenvalue weighted by molar-refractivity contribution is 6.39. The van der Waals surface area contributed by atoms with Crippen molar-refractivity contribution in [1.82, 2.24) is 19.8 Å². The first-order chi connectivity index (χ1) is 17.2. The second-order valence-corrected chi connectivity index (χ2v) is 9.87. The predicted molar refractivity (Wildman–Crippen MR) is 142 cm³/mol. The van der Waals surface area contributed by atoms with Crippen LogP contribution in [0, 0.1) is 0 Å². The molecule has 36 heavy (non-hydrogen) atoms. The number of ether oxygens (including phenoxy) is 2. The standard InChI is InChI=1S/C26H28Cl2N4O4/c1-31(2)11-9-15-13-29-17-5-7-19(23(27)21(15)17)35-25(33)26(34)36-20-8-6-18-22(24(20)28)16(14-30-18)10-12-32(3)4/h5-8,13-14,29-30H,9-12H2,1-4H3. The van der Waals surface area contributed by atoms with Crippen LogP contribution in [0.5, 0.6) is 11.5 Å². The summed E-state index contributed by atoms with van der Waals surface area (Å²) in [7, 11) is 7.94. The molecule has 190 valence electrons. The molecule has 2 aromatic carbocycles. The van der Waals surface area contributed by atoms with Crippen LogP contribution in [-0.2, 0) is 22.4 Å². The monoisotopic (exact) mass is 530 g/mol. The van der Waals surface area contributed by atoms with E-state index in [-0.39, 0.29) is 21.5 Å². The average molecular weight is 531 g/mol. The van der Waals surface area contributed by atoms with Crippen molar-refractivity contribution < 1.29 is 19.1 Å². The minimum absolute atomic E-state index is 0.0787. The van der Waals surface area contributed by atoms with Crippen molar-refractivity contribution in [3.63, 3.8) is 0 Å². The lowest BCUT2D eigenvalue weighted by Crippen LogP contribution is -2.25. The van der Waals surface area contributed by atoms with Crippen molar-refractivity contribution >= 4 is 56.9 Å². The Bertz CT molecular complexity index is 1320. The Morgan fingerprint density at radius 3 is 1.47 bits per heavy atom. The summed E-state index contributed by atoms with van der Waals surface area (Å²) < 4.78 is 10.6. The Morgan fingerprint density at radius 1 is 0.722 bits per heavy atom. The van der Waals surface area contributed by atoms with Gasteiger partial charge in [0, 0.05) is 47.3 Å². The van der Waals surface area contributed by atoms with E-state index in [1.54, 1.807) is 12.1 Å². The molecule has 0 bridgehead atoms. The fourth-order valence-corrected chi connectivity index (χ4v) is 4.63. The number of rotatable bonds is 8. The highest BCUT2D eigenvalue weighted by Gasteiger charge is 2.24. The van der Waals surface area contributed by atoms with E-state index < -0.39 is 11.9 Å². The Morgan fingerprint density at radius 2 is 1.11 bits per heavy atom. The smallest absolute Gasteiger partial charge is 0.416 e. The first-order valence-corrected chi connectivity index (χ1v) is 12.2. The molecule has 0 aliphatic heterocycles. The van der Waals surface area contributed by atoms with E-state index in [1.165, 1.54) is 12.1 Å². The molecule has 4 rings (SSSR count). The number of aromatic amines is 2. The van der Waals surface area contributed by atoms with Crippen LogP contribution in [0.1, 0.15) is 11.1 Å². The number of aromatic nitrogens is 2. The number of fused-ring (bicyclic) bond motifs is 2. The van der Waals surface area contributed by atoms with E-state index in [9.17, 15) is 9.59 Å². The van der Waals surface area contributed by atoms with Gasteiger partial charge in [0.2, 0.25) is 0 Å². The normalized spacial score (nSPS) is 11.7. The number of carbonyl (C=O) groups excluding carboxylic acids is 2. The molecule has 0 saturated carbocycles. The van der Waals surface area contributed by atoms with Crippen molar-refractivity contribution in [3.05, 3.63) is 57.8 Å². The number of benzene rings is 2. The fourth-order valence-electron chi connectivity index (χ4n) is 3.98. The van der Waals surface area contributed by atoms with E-state index in [0.29, 0.717) is 0 Å². The van der Waals surface area contributed by atoms with Gasteiger partial charge in [-0.2, -0.15) is 0 Å². The summed E-state index contributed by atoms with van der Waals surface area (Å²) in [6.45, 7) is 1.64. The van der Waals surface area contributed by atoms with E-state index in [0.717, 1.165) is 58.9 Å². The molecule has 0 fully saturated rings. The van der Waals surface area contributed by atoms with Gasteiger partial charge in [0.15, 0.2) is 11.5 Å². The van der Waals surface area contributed by atoms with Gasteiger partial charge in [-0.05, 0) is 76.4 Å². The van der Waals surface area contributed by atoms with Crippen LogP contribution in [0.3, 0.4) is 0 Å². The molecular formula is C26H28Cl2N4O4. The van der Waals surface area contributed by atoms with Crippen molar-refractivity contribution in [2.45, 2.75) is 12.8 Å². The minimum Gasteiger partial charge on any atom is -0.416 e. The highest BCUT2D eigenvalue weighted by Crippen LogP contribution is 2.37. The third-order valence-electron chi connectivity index (χ3n) is 5.89. The van der Waals surface area contributed by atoms with Crippen molar-refractivity contribution in [2.75, 3.05) is 41.3 Å². The van der Waals surface area contributed by atoms with Crippen LogP contribution in [0.4, 0.5) is 0 Å². The zero-order valence-electron chi connectivity index (χ0n) is 20.6. The first-order valence-electron chi connectivity index (χ1n) is 11.5. The SMILES string of the molecule is CN(C)CCc1c[nH]c2ccc(OC(=O)C(=O)Oc3ccc4[nH]cc(CCN(C)C)c4c3Cl)c(Cl)c12. The van der Waals surface area contributed by atoms with Crippen LogP contribution in [0.15, 0.2) is 36.7 Å². The first kappa shape index (κ1) is 26.0. The molecular weight excluding hydrogens is 503 g/mol. The lowest BCUT2D eigenvalue weighted by Gasteiger charge is -2.11. The third kappa shape index (κ3) is 5.52. The maximum Gasteiger partial charge on any atom is 0.423 e. The largest absolute Gasteiger partial charge is 0.423 e. The lowest BCUT2D eigenvalue weighted by atomic mass is 10.1. The van der Waals surface area contributed by atoms with Gasteiger partial charge in [0.1, 0.15) is 0 Å². The van der Waals surface area contributed by atoms with Crippen LogP contribution in [0.2, 0.25) is 10.0 Å². The second kappa shape index (κ2) is 10.9. The second-order valence-electron chi connectivity index (χ2n) is 9.11. The van der Waals surface area contributed by atoms with E-state index in [1.807, 2.05) is 40.6 Å². The maximum absolute atomic E-state index is 12.6. The number of esters is 2. The Hall–Kier alpha value is -3.04. The number of halogens is 2. The minimum atomic E-state index is -1.19. The molecule has 0 aliphatic carbocycles. The predicted octanol–water partition coefficient (Wildman–Crippen LogP) is 4.68. The Labute approximate surface area is 219 Å². The van der Waals surface area contributed by atoms with Gasteiger partial charge in [-0.3, -0.25) is 0 Å². The zero-order valence-corrected chi connectivity index (χ0v) is 22.1. The van der Waals surface area contributed by atoms with Crippen LogP contribution in [-0.4, -0.2) is 73.0 Å². The summed E-state index contributed by atoms with van der Waals surface area (Å²) in [5.41, 5.74) is 3.60. The molecule has 10 heteroatoms. The molecule has 0 saturated heterocycles. The van der Waals surface area contributed by atoms with Gasteiger partial charge >= 0.3 is 11.9 Å². The Balaban J connectivity index is 1.52. The van der Waals surface area contributed by atoms with Crippen LogP contribution >= 0.6 is 23.2 Å². The molecule has 0 aliphatic rings. The summed E-state index contributed by atoms with van der Waals surface area (Å²) in [6, 6.07) is 6.58. The molecule has 0 unspecified atom stereocenters. The molecule has 0 atom stereocenters. The summed E-state index contributed by atoms with van der Waals surface area (Å²) in [5.74, 6) is -2.23. The average Bonchev–Trinajstić information content (AvgIpc) is 3.44. The van der Waals surface area contributed by atoms with Gasteiger partial charge in [-0.25, -0.2) is 9.59 Å². The molecule has 2 heterocycles. The summed E-state index contributed by atoms with van der Waals surface area (Å²) >= 11 is 13.1. The molecule has 4 aromatic rings. The van der Waals surface area contributed by atoms with E-state index in [4.69, 9.17) is 32.7 Å². The summed E-state index contributed by atoms with van der Waals surface area (Å²) in [6.07, 6.45) is 5.27. The molecule has 0 amide bonds. The molecule has 2 N–H and O–H groups in total. The number of H-pyrrole nitrogens is 2. The van der Waals surface area contributed by atoms with Crippen LogP contribution in [0.25, 0.3) is 21.8 Å².